The molecule has 1 heterocycles. The van der Waals surface area contributed by atoms with Crippen molar-refractivity contribution in [1.82, 2.24) is 15.2 Å². The summed E-state index contributed by atoms with van der Waals surface area (Å²) in [4.78, 5) is 30.3. The number of halogens is 2. The summed E-state index contributed by atoms with van der Waals surface area (Å²) in [6.07, 6.45) is 3.41. The lowest BCUT2D eigenvalue weighted by molar-refractivity contribution is 0.0232. The van der Waals surface area contributed by atoms with Crippen LogP contribution in [0.25, 0.3) is 0 Å². The first-order valence-electron chi connectivity index (χ1n) is 9.26. The molecule has 0 atom stereocenters. The number of nitrogens with one attached hydrogen (secondary N) is 1. The molecular formula is C21H25BrFN3O3. The number of amides is 2. The number of rotatable bonds is 7. The van der Waals surface area contributed by atoms with Gasteiger partial charge in [0, 0.05) is 30.0 Å². The second kappa shape index (κ2) is 10.3. The minimum Gasteiger partial charge on any atom is -0.444 e. The normalized spacial score (nSPS) is 11.1. The van der Waals surface area contributed by atoms with Crippen molar-refractivity contribution in [3.63, 3.8) is 0 Å². The van der Waals surface area contributed by atoms with Crippen molar-refractivity contribution in [2.75, 3.05) is 13.1 Å². The molecule has 2 rings (SSSR count). The van der Waals surface area contributed by atoms with Crippen molar-refractivity contribution >= 4 is 27.9 Å². The van der Waals surface area contributed by atoms with Gasteiger partial charge in [-0.3, -0.25) is 9.78 Å². The van der Waals surface area contributed by atoms with Crippen LogP contribution >= 0.6 is 15.9 Å². The molecule has 0 bridgehead atoms. The van der Waals surface area contributed by atoms with E-state index in [2.05, 4.69) is 26.2 Å². The molecular weight excluding hydrogens is 441 g/mol. The zero-order valence-electron chi connectivity index (χ0n) is 16.7. The summed E-state index contributed by atoms with van der Waals surface area (Å²) in [6.45, 7) is 6.42. The summed E-state index contributed by atoms with van der Waals surface area (Å²) in [5.74, 6) is -1.09. The Balaban J connectivity index is 1.92. The zero-order valence-corrected chi connectivity index (χ0v) is 18.3. The van der Waals surface area contributed by atoms with Gasteiger partial charge >= 0.3 is 6.09 Å². The van der Waals surface area contributed by atoms with E-state index >= 15 is 0 Å². The predicted octanol–water partition coefficient (Wildman–Crippen LogP) is 4.54. The maximum absolute atomic E-state index is 13.9. The van der Waals surface area contributed by atoms with Crippen molar-refractivity contribution in [3.8, 4) is 0 Å². The Kier molecular flexibility index (Phi) is 8.13. The number of hydrogen-bond donors (Lipinski definition) is 1. The van der Waals surface area contributed by atoms with Gasteiger partial charge in [0.2, 0.25) is 0 Å². The maximum Gasteiger partial charge on any atom is 0.410 e. The first-order chi connectivity index (χ1) is 13.7. The Bertz CT molecular complexity index is 841. The first kappa shape index (κ1) is 22.8. The molecule has 0 saturated heterocycles. The standard InChI is InChI=1S/C21H25BrFN3O3/c1-21(2,3)29-20(28)26(14-15-6-4-9-24-13-15)11-5-10-25-19(27)17-8-7-16(22)12-18(17)23/h4,6-9,12-13H,5,10-11,14H2,1-3H3,(H,25,27). The van der Waals surface area contributed by atoms with Crippen LogP contribution in [0.3, 0.4) is 0 Å². The maximum atomic E-state index is 13.9. The molecule has 8 heteroatoms. The minimum absolute atomic E-state index is 0.0208. The number of hydrogen-bond acceptors (Lipinski definition) is 4. The van der Waals surface area contributed by atoms with Gasteiger partial charge in [0.15, 0.2) is 0 Å². The molecule has 0 aliphatic heterocycles. The zero-order chi connectivity index (χ0) is 21.4. The number of aromatic nitrogens is 1. The smallest absolute Gasteiger partial charge is 0.410 e. The van der Waals surface area contributed by atoms with Crippen LogP contribution in [0.15, 0.2) is 47.2 Å². The number of nitrogens with zero attached hydrogens (tertiary/aromatic N) is 2. The van der Waals surface area contributed by atoms with Gasteiger partial charge in [-0.25, -0.2) is 9.18 Å². The number of carbonyl (C=O) groups is 2. The van der Waals surface area contributed by atoms with E-state index in [0.29, 0.717) is 30.5 Å². The topological polar surface area (TPSA) is 71.5 Å². The lowest BCUT2D eigenvalue weighted by Crippen LogP contribution is -2.38. The van der Waals surface area contributed by atoms with Crippen molar-refractivity contribution < 1.29 is 18.7 Å². The molecule has 0 unspecified atom stereocenters. The molecule has 1 aromatic heterocycles. The number of benzene rings is 1. The molecule has 156 valence electrons. The van der Waals surface area contributed by atoms with E-state index in [1.54, 1.807) is 50.2 Å². The van der Waals surface area contributed by atoms with E-state index in [-0.39, 0.29) is 5.56 Å². The second-order valence-corrected chi connectivity index (χ2v) is 8.41. The second-order valence-electron chi connectivity index (χ2n) is 7.50. The molecule has 6 nitrogen and oxygen atoms in total. The first-order valence-corrected chi connectivity index (χ1v) is 10.0. The number of pyridine rings is 1. The summed E-state index contributed by atoms with van der Waals surface area (Å²) in [7, 11) is 0. The average Bonchev–Trinajstić information content (AvgIpc) is 2.63. The van der Waals surface area contributed by atoms with Gasteiger partial charge in [-0.15, -0.1) is 0 Å². The highest BCUT2D eigenvalue weighted by atomic mass is 79.9. The monoisotopic (exact) mass is 465 g/mol. The van der Waals surface area contributed by atoms with Crippen LogP contribution in [0.2, 0.25) is 0 Å². The Morgan fingerprint density at radius 1 is 1.28 bits per heavy atom. The number of carbonyl (C=O) groups excluding carboxylic acids is 2. The van der Waals surface area contributed by atoms with Crippen LogP contribution in [0.4, 0.5) is 9.18 Å². The van der Waals surface area contributed by atoms with Crippen LogP contribution in [-0.4, -0.2) is 40.6 Å². The van der Waals surface area contributed by atoms with Crippen molar-refractivity contribution in [2.24, 2.45) is 0 Å². The Labute approximate surface area is 178 Å². The van der Waals surface area contributed by atoms with Crippen molar-refractivity contribution in [3.05, 3.63) is 64.1 Å². The summed E-state index contributed by atoms with van der Waals surface area (Å²) in [5, 5.41) is 2.68. The third kappa shape index (κ3) is 7.81. The molecule has 1 N–H and O–H groups in total. The van der Waals surface area contributed by atoms with Gasteiger partial charge in [0.05, 0.1) is 12.1 Å². The highest BCUT2D eigenvalue weighted by molar-refractivity contribution is 9.10. The van der Waals surface area contributed by atoms with Gasteiger partial charge in [-0.1, -0.05) is 22.0 Å². The summed E-state index contributed by atoms with van der Waals surface area (Å²) in [6, 6.07) is 7.95. The van der Waals surface area contributed by atoms with Gasteiger partial charge in [-0.05, 0) is 57.0 Å². The Morgan fingerprint density at radius 2 is 2.03 bits per heavy atom. The van der Waals surface area contributed by atoms with E-state index in [1.165, 1.54) is 12.1 Å². The summed E-state index contributed by atoms with van der Waals surface area (Å²) >= 11 is 3.16. The third-order valence-electron chi connectivity index (χ3n) is 3.81. The SMILES string of the molecule is CC(C)(C)OC(=O)N(CCCNC(=O)c1ccc(Br)cc1F)Cc1cccnc1. The molecule has 0 spiro atoms. The lowest BCUT2D eigenvalue weighted by atomic mass is 10.2. The highest BCUT2D eigenvalue weighted by Crippen LogP contribution is 2.15. The lowest BCUT2D eigenvalue weighted by Gasteiger charge is -2.27. The molecule has 29 heavy (non-hydrogen) atoms. The Hall–Kier alpha value is -2.48. The van der Waals surface area contributed by atoms with E-state index < -0.39 is 23.4 Å². The molecule has 2 amide bonds. The minimum atomic E-state index is -0.613. The van der Waals surface area contributed by atoms with E-state index in [1.807, 2.05) is 6.07 Å². The average molecular weight is 466 g/mol. The molecule has 0 saturated carbocycles. The highest BCUT2D eigenvalue weighted by Gasteiger charge is 2.22. The predicted molar refractivity (Wildman–Crippen MR) is 112 cm³/mol. The molecule has 1 aromatic carbocycles. The molecule has 2 aromatic rings. The summed E-state index contributed by atoms with van der Waals surface area (Å²) in [5.41, 5.74) is 0.240. The fraction of sp³-hybridized carbons (Fsp3) is 0.381. The van der Waals surface area contributed by atoms with E-state index in [4.69, 9.17) is 4.74 Å². The van der Waals surface area contributed by atoms with Gasteiger partial charge in [0.25, 0.3) is 5.91 Å². The number of ether oxygens (including phenoxy) is 1. The van der Waals surface area contributed by atoms with Crippen LogP contribution in [0, 0.1) is 5.82 Å². The Morgan fingerprint density at radius 3 is 2.66 bits per heavy atom. The van der Waals surface area contributed by atoms with Crippen LogP contribution in [-0.2, 0) is 11.3 Å². The summed E-state index contributed by atoms with van der Waals surface area (Å²) < 4.78 is 19.9. The third-order valence-corrected chi connectivity index (χ3v) is 4.31. The van der Waals surface area contributed by atoms with E-state index in [9.17, 15) is 14.0 Å². The van der Waals surface area contributed by atoms with Gasteiger partial charge in [-0.2, -0.15) is 0 Å². The van der Waals surface area contributed by atoms with Crippen LogP contribution in [0.1, 0.15) is 43.1 Å². The van der Waals surface area contributed by atoms with Crippen LogP contribution < -0.4 is 5.32 Å². The van der Waals surface area contributed by atoms with E-state index in [0.717, 1.165) is 5.56 Å². The fourth-order valence-corrected chi connectivity index (χ4v) is 2.85. The molecule has 0 aliphatic rings. The fourth-order valence-electron chi connectivity index (χ4n) is 2.51. The van der Waals surface area contributed by atoms with Crippen molar-refractivity contribution in [1.29, 1.82) is 0 Å². The van der Waals surface area contributed by atoms with Gasteiger partial charge in [0.1, 0.15) is 11.4 Å². The van der Waals surface area contributed by atoms with Crippen LogP contribution in [0.5, 0.6) is 0 Å². The molecule has 0 fully saturated rings. The van der Waals surface area contributed by atoms with Gasteiger partial charge < -0.3 is 15.0 Å². The largest absolute Gasteiger partial charge is 0.444 e. The van der Waals surface area contributed by atoms with Crippen molar-refractivity contribution in [2.45, 2.75) is 39.3 Å². The molecule has 0 aliphatic carbocycles. The molecule has 0 radical (unpaired) electrons. The quantitative estimate of drug-likeness (QED) is 0.609.